The van der Waals surface area contributed by atoms with Gasteiger partial charge in [-0.05, 0) is 36.1 Å². The van der Waals surface area contributed by atoms with Crippen molar-refractivity contribution >= 4 is 17.8 Å². The Balaban J connectivity index is 2.18. The highest BCUT2D eigenvalue weighted by Crippen LogP contribution is 2.16. The van der Waals surface area contributed by atoms with Gasteiger partial charge in [-0.1, -0.05) is 56.3 Å². The van der Waals surface area contributed by atoms with Gasteiger partial charge >= 0.3 is 5.97 Å². The Kier molecular flexibility index (Phi) is 7.32. The normalized spacial score (nSPS) is 12.9. The fourth-order valence-corrected chi connectivity index (χ4v) is 2.69. The van der Waals surface area contributed by atoms with Crippen molar-refractivity contribution < 1.29 is 19.5 Å². The molecule has 3 N–H and O–H groups in total. The van der Waals surface area contributed by atoms with E-state index >= 15 is 0 Å². The lowest BCUT2D eigenvalue weighted by Gasteiger charge is -2.20. The van der Waals surface area contributed by atoms with Crippen molar-refractivity contribution in [3.63, 3.8) is 0 Å². The minimum Gasteiger partial charge on any atom is -0.480 e. The van der Waals surface area contributed by atoms with Crippen LogP contribution in [-0.2, 0) is 16.0 Å². The lowest BCUT2D eigenvalue weighted by Crippen LogP contribution is -2.51. The summed E-state index contributed by atoms with van der Waals surface area (Å²) in [6.45, 7) is 5.57. The smallest absolute Gasteiger partial charge is 0.325 e. The first-order valence-electron chi connectivity index (χ1n) is 9.26. The summed E-state index contributed by atoms with van der Waals surface area (Å²) in [5, 5.41) is 14.2. The molecule has 6 heteroatoms. The number of carbonyl (C=O) groups is 3. The monoisotopic (exact) mass is 382 g/mol. The summed E-state index contributed by atoms with van der Waals surface area (Å²) in [7, 11) is 0. The van der Waals surface area contributed by atoms with Crippen LogP contribution in [0.4, 0.5) is 0 Å². The number of carbonyl (C=O) groups excluding carboxylic acids is 2. The minimum absolute atomic E-state index is 0.259. The number of carboxylic acids is 1. The number of rotatable bonds is 8. The molecule has 0 radical (unpaired) electrons. The lowest BCUT2D eigenvalue weighted by atomic mass is 9.98. The molecular formula is C22H26N2O4. The summed E-state index contributed by atoms with van der Waals surface area (Å²) >= 11 is 0. The first-order valence-corrected chi connectivity index (χ1v) is 9.26. The Bertz CT molecular complexity index is 816. The largest absolute Gasteiger partial charge is 0.480 e. The van der Waals surface area contributed by atoms with Crippen LogP contribution in [0.2, 0.25) is 0 Å². The van der Waals surface area contributed by atoms with E-state index in [0.29, 0.717) is 11.5 Å². The standard InChI is InChI=1S/C22H26N2O4/c1-14(2)17-11-9-16(10-12-17)13-19(21(26)23-15(3)22(27)28)24-20(25)18-7-5-4-6-8-18/h4-12,14-15,19H,13H2,1-3H3,(H,23,26)(H,24,25)(H,27,28)/t15-,19+/m1/s1. The molecule has 0 unspecified atom stereocenters. The molecule has 148 valence electrons. The van der Waals surface area contributed by atoms with E-state index in [1.807, 2.05) is 24.3 Å². The lowest BCUT2D eigenvalue weighted by molar-refractivity contribution is -0.141. The summed E-state index contributed by atoms with van der Waals surface area (Å²) in [5.41, 5.74) is 2.49. The molecule has 0 saturated heterocycles. The van der Waals surface area contributed by atoms with E-state index in [4.69, 9.17) is 5.11 Å². The molecule has 2 atom stereocenters. The predicted octanol–water partition coefficient (Wildman–Crippen LogP) is 2.74. The van der Waals surface area contributed by atoms with E-state index in [-0.39, 0.29) is 12.3 Å². The molecule has 0 bridgehead atoms. The van der Waals surface area contributed by atoms with Crippen LogP contribution in [0.1, 0.15) is 48.2 Å². The molecule has 0 aliphatic carbocycles. The van der Waals surface area contributed by atoms with Gasteiger partial charge in [-0.15, -0.1) is 0 Å². The van der Waals surface area contributed by atoms with Gasteiger partial charge < -0.3 is 15.7 Å². The molecular weight excluding hydrogens is 356 g/mol. The molecule has 0 saturated carbocycles. The van der Waals surface area contributed by atoms with Crippen LogP contribution in [0.25, 0.3) is 0 Å². The molecule has 28 heavy (non-hydrogen) atoms. The zero-order valence-electron chi connectivity index (χ0n) is 16.3. The summed E-state index contributed by atoms with van der Waals surface area (Å²) < 4.78 is 0. The molecule has 2 aromatic rings. The molecule has 2 rings (SSSR count). The number of benzene rings is 2. The average Bonchev–Trinajstić information content (AvgIpc) is 2.68. The SMILES string of the molecule is CC(C)c1ccc(C[C@H](NC(=O)c2ccccc2)C(=O)N[C@H](C)C(=O)O)cc1. The van der Waals surface area contributed by atoms with Crippen molar-refractivity contribution in [2.75, 3.05) is 0 Å². The maximum Gasteiger partial charge on any atom is 0.325 e. The number of amides is 2. The Hall–Kier alpha value is -3.15. The minimum atomic E-state index is -1.14. The summed E-state index contributed by atoms with van der Waals surface area (Å²) in [5.74, 6) is -1.67. The quantitative estimate of drug-likeness (QED) is 0.654. The molecule has 0 heterocycles. The van der Waals surface area contributed by atoms with Crippen LogP contribution in [0.15, 0.2) is 54.6 Å². The molecule has 0 aliphatic rings. The highest BCUT2D eigenvalue weighted by Gasteiger charge is 2.25. The van der Waals surface area contributed by atoms with Gasteiger partial charge in [-0.3, -0.25) is 14.4 Å². The van der Waals surface area contributed by atoms with Crippen LogP contribution in [-0.4, -0.2) is 35.0 Å². The fourth-order valence-electron chi connectivity index (χ4n) is 2.69. The van der Waals surface area contributed by atoms with Crippen molar-refractivity contribution in [1.82, 2.24) is 10.6 Å². The Labute approximate surface area is 165 Å². The van der Waals surface area contributed by atoms with E-state index in [1.165, 1.54) is 12.5 Å². The number of hydrogen-bond acceptors (Lipinski definition) is 3. The highest BCUT2D eigenvalue weighted by molar-refractivity contribution is 5.98. The van der Waals surface area contributed by atoms with Crippen LogP contribution >= 0.6 is 0 Å². The van der Waals surface area contributed by atoms with E-state index in [2.05, 4.69) is 24.5 Å². The molecule has 0 aliphatic heterocycles. The van der Waals surface area contributed by atoms with Gasteiger partial charge in [0, 0.05) is 12.0 Å². The topological polar surface area (TPSA) is 95.5 Å². The third-order valence-electron chi connectivity index (χ3n) is 4.47. The van der Waals surface area contributed by atoms with E-state index in [0.717, 1.165) is 5.56 Å². The first kappa shape index (κ1) is 21.2. The van der Waals surface area contributed by atoms with Crippen molar-refractivity contribution in [2.24, 2.45) is 0 Å². The van der Waals surface area contributed by atoms with Crippen molar-refractivity contribution in [2.45, 2.75) is 45.2 Å². The summed E-state index contributed by atoms with van der Waals surface area (Å²) in [4.78, 5) is 36.2. The van der Waals surface area contributed by atoms with E-state index in [1.54, 1.807) is 30.3 Å². The van der Waals surface area contributed by atoms with Crippen LogP contribution < -0.4 is 10.6 Å². The Morgan fingerprint density at radius 1 is 0.893 bits per heavy atom. The highest BCUT2D eigenvalue weighted by atomic mass is 16.4. The Morgan fingerprint density at radius 2 is 1.50 bits per heavy atom. The molecule has 0 aromatic heterocycles. The first-order chi connectivity index (χ1) is 13.3. The van der Waals surface area contributed by atoms with Gasteiger partial charge in [0.05, 0.1) is 0 Å². The second-order valence-corrected chi connectivity index (χ2v) is 7.06. The van der Waals surface area contributed by atoms with Gasteiger partial charge in [-0.25, -0.2) is 0 Å². The summed E-state index contributed by atoms with van der Waals surface area (Å²) in [6.07, 6.45) is 0.259. The molecule has 0 spiro atoms. The zero-order chi connectivity index (χ0) is 20.7. The van der Waals surface area contributed by atoms with Gasteiger partial charge in [0.2, 0.25) is 5.91 Å². The number of carboxylic acid groups (broad SMARTS) is 1. The number of aliphatic carboxylic acids is 1. The summed E-state index contributed by atoms with van der Waals surface area (Å²) in [6, 6.07) is 14.5. The second kappa shape index (κ2) is 9.69. The van der Waals surface area contributed by atoms with E-state index in [9.17, 15) is 14.4 Å². The average molecular weight is 382 g/mol. The van der Waals surface area contributed by atoms with Crippen molar-refractivity contribution in [3.05, 3.63) is 71.3 Å². The van der Waals surface area contributed by atoms with Crippen LogP contribution in [0, 0.1) is 0 Å². The van der Waals surface area contributed by atoms with Gasteiger partial charge in [0.25, 0.3) is 5.91 Å². The maximum absolute atomic E-state index is 12.6. The predicted molar refractivity (Wildman–Crippen MR) is 107 cm³/mol. The number of hydrogen-bond donors (Lipinski definition) is 3. The fraction of sp³-hybridized carbons (Fsp3) is 0.318. The zero-order valence-corrected chi connectivity index (χ0v) is 16.3. The third kappa shape index (κ3) is 5.94. The molecule has 6 nitrogen and oxygen atoms in total. The number of nitrogens with one attached hydrogen (secondary N) is 2. The van der Waals surface area contributed by atoms with Crippen molar-refractivity contribution in [1.29, 1.82) is 0 Å². The maximum atomic E-state index is 12.6. The molecule has 2 amide bonds. The van der Waals surface area contributed by atoms with Crippen LogP contribution in [0.5, 0.6) is 0 Å². The van der Waals surface area contributed by atoms with Gasteiger partial charge in [-0.2, -0.15) is 0 Å². The second-order valence-electron chi connectivity index (χ2n) is 7.06. The van der Waals surface area contributed by atoms with Gasteiger partial charge in [0.1, 0.15) is 12.1 Å². The van der Waals surface area contributed by atoms with Crippen LogP contribution in [0.3, 0.4) is 0 Å². The molecule has 2 aromatic carbocycles. The van der Waals surface area contributed by atoms with Crippen molar-refractivity contribution in [3.8, 4) is 0 Å². The molecule has 0 fully saturated rings. The van der Waals surface area contributed by atoms with Gasteiger partial charge in [0.15, 0.2) is 0 Å². The van der Waals surface area contributed by atoms with E-state index < -0.39 is 24.0 Å². The third-order valence-corrected chi connectivity index (χ3v) is 4.47. The Morgan fingerprint density at radius 3 is 2.04 bits per heavy atom.